The number of aryl methyl sites for hydroxylation is 1. The van der Waals surface area contributed by atoms with E-state index in [1.807, 2.05) is 0 Å². The van der Waals surface area contributed by atoms with Gasteiger partial charge in [-0.05, 0) is 47.9 Å². The number of hydrogen-bond donors (Lipinski definition) is 1. The maximum Gasteiger partial charge on any atom is 0.341 e. The molecule has 1 amide bonds. The number of aromatic nitrogens is 2. The average Bonchev–Trinajstić information content (AvgIpc) is 3.17. The molecule has 2 heterocycles. The van der Waals surface area contributed by atoms with Gasteiger partial charge in [-0.3, -0.25) is 4.79 Å². The fourth-order valence-corrected chi connectivity index (χ4v) is 5.53. The number of thioether (sulfide) groups is 1. The summed E-state index contributed by atoms with van der Waals surface area (Å²) in [5.41, 5.74) is 1.62. The highest BCUT2D eigenvalue weighted by atomic mass is 32.2. The van der Waals surface area contributed by atoms with Crippen LogP contribution in [0.25, 0.3) is 0 Å². The largest absolute Gasteiger partial charge is 0.538 e. The molecule has 10 heteroatoms. The molecule has 0 spiro atoms. The normalized spacial score (nSPS) is 16.4. The number of nitrogens with zero attached hydrogens (tertiary/aromatic N) is 2. The Bertz CT molecular complexity index is 910. The van der Waals surface area contributed by atoms with E-state index in [1.54, 1.807) is 7.05 Å². The van der Waals surface area contributed by atoms with Crippen LogP contribution in [-0.2, 0) is 29.4 Å². The van der Waals surface area contributed by atoms with Gasteiger partial charge >= 0.3 is 5.97 Å². The molecule has 1 atom stereocenters. The Morgan fingerprint density at radius 1 is 1.45 bits per heavy atom. The van der Waals surface area contributed by atoms with Gasteiger partial charge in [-0.25, -0.2) is 4.79 Å². The number of anilines is 1. The molecular formula is C19H25N3O5S2. The van der Waals surface area contributed by atoms with E-state index >= 15 is 0 Å². The molecule has 29 heavy (non-hydrogen) atoms. The minimum absolute atomic E-state index is 0.00190. The maximum atomic E-state index is 12.5. The number of esters is 1. The predicted molar refractivity (Wildman–Crippen MR) is 107 cm³/mol. The third-order valence-corrected chi connectivity index (χ3v) is 7.47. The van der Waals surface area contributed by atoms with Crippen LogP contribution in [0.15, 0.2) is 9.55 Å². The molecule has 0 aromatic carbocycles. The van der Waals surface area contributed by atoms with Gasteiger partial charge < -0.3 is 19.7 Å². The number of hydrogen-bond acceptors (Lipinski definition) is 8. The van der Waals surface area contributed by atoms with Crippen molar-refractivity contribution in [1.29, 1.82) is 0 Å². The van der Waals surface area contributed by atoms with Crippen LogP contribution < -0.4 is 15.1 Å². The lowest BCUT2D eigenvalue weighted by molar-refractivity contribution is -0.772. The van der Waals surface area contributed by atoms with Gasteiger partial charge in [0.05, 0.1) is 23.7 Å². The zero-order valence-electron chi connectivity index (χ0n) is 17.2. The molecule has 0 saturated heterocycles. The van der Waals surface area contributed by atoms with Crippen LogP contribution in [0.4, 0.5) is 5.00 Å². The van der Waals surface area contributed by atoms with E-state index in [0.717, 1.165) is 41.5 Å². The Hall–Kier alpha value is -2.07. The van der Waals surface area contributed by atoms with Gasteiger partial charge in [-0.15, -0.1) is 11.3 Å². The summed E-state index contributed by atoms with van der Waals surface area (Å²) < 4.78 is 10.8. The summed E-state index contributed by atoms with van der Waals surface area (Å²) >= 11 is 2.48. The highest BCUT2D eigenvalue weighted by Crippen LogP contribution is 2.44. The first kappa shape index (κ1) is 21.6. The molecule has 158 valence electrons. The summed E-state index contributed by atoms with van der Waals surface area (Å²) in [5, 5.41) is 18.7. The zero-order valence-corrected chi connectivity index (χ0v) is 18.8. The van der Waals surface area contributed by atoms with E-state index in [1.165, 1.54) is 23.1 Å². The lowest BCUT2D eigenvalue weighted by atomic mass is 9.72. The Labute approximate surface area is 177 Å². The SMILES string of the molecule is COC(=O)c1c(NC(=O)CSc2c([O-])on[n+]2C)sc2c1CCC(C(C)(C)C)C2. The Morgan fingerprint density at radius 2 is 2.17 bits per heavy atom. The fourth-order valence-electron chi connectivity index (χ4n) is 3.49. The van der Waals surface area contributed by atoms with Crippen LogP contribution in [0.3, 0.4) is 0 Å². The molecule has 3 rings (SSSR count). The van der Waals surface area contributed by atoms with Gasteiger partial charge in [0.15, 0.2) is 13.0 Å². The van der Waals surface area contributed by atoms with E-state index < -0.39 is 11.9 Å². The summed E-state index contributed by atoms with van der Waals surface area (Å²) in [4.78, 5) is 26.0. The van der Waals surface area contributed by atoms with Crippen molar-refractivity contribution in [1.82, 2.24) is 5.27 Å². The van der Waals surface area contributed by atoms with Crippen molar-refractivity contribution in [2.75, 3.05) is 18.2 Å². The van der Waals surface area contributed by atoms with Crippen LogP contribution in [-0.4, -0.2) is 30.0 Å². The molecule has 2 aromatic rings. The molecule has 0 radical (unpaired) electrons. The van der Waals surface area contributed by atoms with E-state index in [2.05, 4.69) is 35.9 Å². The van der Waals surface area contributed by atoms with Crippen LogP contribution in [0.1, 0.15) is 48.0 Å². The first-order chi connectivity index (χ1) is 13.6. The van der Waals surface area contributed by atoms with Crippen LogP contribution >= 0.6 is 23.1 Å². The first-order valence-corrected chi connectivity index (χ1v) is 11.1. The molecule has 0 fully saturated rings. The fraction of sp³-hybridized carbons (Fsp3) is 0.579. The topological polar surface area (TPSA) is 108 Å². The lowest BCUT2D eigenvalue weighted by Gasteiger charge is -2.33. The van der Waals surface area contributed by atoms with Crippen LogP contribution in [0, 0.1) is 11.3 Å². The van der Waals surface area contributed by atoms with E-state index in [-0.39, 0.29) is 22.1 Å². The number of methoxy groups -OCH3 is 1. The van der Waals surface area contributed by atoms with Crippen molar-refractivity contribution in [3.05, 3.63) is 16.0 Å². The molecule has 0 saturated carbocycles. The number of nitrogens with one attached hydrogen (secondary N) is 1. The predicted octanol–water partition coefficient (Wildman–Crippen LogP) is 2.30. The Kier molecular flexibility index (Phi) is 6.23. The third-order valence-electron chi connectivity index (χ3n) is 5.19. The van der Waals surface area contributed by atoms with Gasteiger partial charge in [0.25, 0.3) is 5.03 Å². The molecule has 2 aromatic heterocycles. The van der Waals surface area contributed by atoms with Gasteiger partial charge in [0.2, 0.25) is 5.91 Å². The number of carbonyl (C=O) groups excluding carboxylic acids is 2. The molecule has 1 unspecified atom stereocenters. The Morgan fingerprint density at radius 3 is 2.76 bits per heavy atom. The summed E-state index contributed by atoms with van der Waals surface area (Å²) in [5.74, 6) is -0.820. The van der Waals surface area contributed by atoms with Gasteiger partial charge in [-0.2, -0.15) is 0 Å². The molecule has 0 bridgehead atoms. The minimum atomic E-state index is -0.583. The minimum Gasteiger partial charge on any atom is -0.538 e. The lowest BCUT2D eigenvalue weighted by Crippen LogP contribution is -2.32. The Balaban J connectivity index is 1.79. The van der Waals surface area contributed by atoms with Crippen molar-refractivity contribution < 1.29 is 28.6 Å². The van der Waals surface area contributed by atoms with Gasteiger partial charge in [0, 0.05) is 4.88 Å². The third kappa shape index (κ3) is 4.58. The number of rotatable bonds is 5. The molecule has 0 aliphatic heterocycles. The van der Waals surface area contributed by atoms with Crippen molar-refractivity contribution in [2.45, 2.75) is 45.1 Å². The number of ether oxygens (including phenoxy) is 1. The summed E-state index contributed by atoms with van der Waals surface area (Å²) in [7, 11) is 2.91. The zero-order chi connectivity index (χ0) is 21.3. The van der Waals surface area contributed by atoms with Crippen LogP contribution in [0.2, 0.25) is 0 Å². The molecular weight excluding hydrogens is 414 g/mol. The van der Waals surface area contributed by atoms with Gasteiger partial charge in [-0.1, -0.05) is 25.5 Å². The molecule has 8 nitrogen and oxygen atoms in total. The highest BCUT2D eigenvalue weighted by molar-refractivity contribution is 7.99. The van der Waals surface area contributed by atoms with Gasteiger partial charge in [0.1, 0.15) is 5.00 Å². The van der Waals surface area contributed by atoms with Crippen molar-refractivity contribution in [3.8, 4) is 5.95 Å². The number of fused-ring (bicyclic) bond motifs is 1. The average molecular weight is 440 g/mol. The summed E-state index contributed by atoms with van der Waals surface area (Å²) in [6, 6.07) is 0. The molecule has 1 aliphatic carbocycles. The van der Waals surface area contributed by atoms with Crippen LogP contribution in [0.5, 0.6) is 5.95 Å². The maximum absolute atomic E-state index is 12.5. The van der Waals surface area contributed by atoms with E-state index in [4.69, 9.17) is 4.74 Å². The number of amides is 1. The molecule has 1 aliphatic rings. The van der Waals surface area contributed by atoms with Crippen molar-refractivity contribution in [3.63, 3.8) is 0 Å². The smallest absolute Gasteiger partial charge is 0.341 e. The second-order valence-electron chi connectivity index (χ2n) is 8.13. The monoisotopic (exact) mass is 439 g/mol. The summed E-state index contributed by atoms with van der Waals surface area (Å²) in [6.45, 7) is 6.69. The van der Waals surface area contributed by atoms with Crippen molar-refractivity contribution in [2.24, 2.45) is 18.4 Å². The second kappa shape index (κ2) is 8.35. The standard InChI is InChI=1S/C19H25N3O5S2/c1-19(2,3)10-6-7-11-12(8-10)29-15(14(11)17(24)26-5)20-13(23)9-28-16-18(25)27-21-22(16)4/h10H,6-9H2,1-5H3,(H-,20,21,23,24,25). The second-order valence-corrected chi connectivity index (χ2v) is 10.2. The first-order valence-electron chi connectivity index (χ1n) is 9.30. The highest BCUT2D eigenvalue weighted by Gasteiger charge is 2.34. The van der Waals surface area contributed by atoms with Crippen molar-refractivity contribution >= 4 is 40.0 Å². The summed E-state index contributed by atoms with van der Waals surface area (Å²) in [6.07, 6.45) is 2.67. The van der Waals surface area contributed by atoms with E-state index in [9.17, 15) is 14.7 Å². The number of carbonyl (C=O) groups is 2. The quantitative estimate of drug-likeness (QED) is 0.433. The number of thiophene rings is 1. The van der Waals surface area contributed by atoms with E-state index in [0.29, 0.717) is 16.5 Å². The molecule has 1 N–H and O–H groups in total.